The third kappa shape index (κ3) is 3.60. The van der Waals surface area contributed by atoms with Gasteiger partial charge in [-0.2, -0.15) is 0 Å². The molecule has 1 heterocycles. The first-order valence-corrected chi connectivity index (χ1v) is 9.61. The highest BCUT2D eigenvalue weighted by atomic mass is 16.5. The van der Waals surface area contributed by atoms with Crippen LogP contribution in [0.5, 0.6) is 11.5 Å². The lowest BCUT2D eigenvalue weighted by atomic mass is 9.79. The van der Waals surface area contributed by atoms with Crippen LogP contribution in [0, 0.1) is 0 Å². The van der Waals surface area contributed by atoms with E-state index in [0.717, 1.165) is 33.8 Å². The minimum atomic E-state index is -0.424. The molecule has 0 saturated heterocycles. The zero-order valence-corrected chi connectivity index (χ0v) is 16.9. The molecule has 0 radical (unpaired) electrons. The van der Waals surface area contributed by atoms with E-state index in [1.165, 1.54) is 0 Å². The predicted octanol–water partition coefficient (Wildman–Crippen LogP) is 5.47. The number of ether oxygens (including phenoxy) is 3. The fraction of sp³-hybridized carbons (Fsp3) is 0.115. The van der Waals surface area contributed by atoms with E-state index in [4.69, 9.17) is 14.2 Å². The maximum atomic E-state index is 12.8. The van der Waals surface area contributed by atoms with Crippen molar-refractivity contribution in [2.45, 2.75) is 5.92 Å². The van der Waals surface area contributed by atoms with Crippen LogP contribution in [0.1, 0.15) is 22.6 Å². The molecule has 4 nitrogen and oxygen atoms in total. The van der Waals surface area contributed by atoms with Crippen LogP contribution in [0.2, 0.25) is 0 Å². The van der Waals surface area contributed by atoms with E-state index in [0.29, 0.717) is 11.3 Å². The summed E-state index contributed by atoms with van der Waals surface area (Å²) in [5, 5.41) is 0. The van der Waals surface area contributed by atoms with Gasteiger partial charge in [-0.15, -0.1) is 0 Å². The first-order valence-electron chi connectivity index (χ1n) is 9.61. The van der Waals surface area contributed by atoms with E-state index in [2.05, 4.69) is 6.58 Å². The van der Waals surface area contributed by atoms with Crippen LogP contribution in [0.25, 0.3) is 11.3 Å². The zero-order valence-electron chi connectivity index (χ0n) is 16.9. The summed E-state index contributed by atoms with van der Waals surface area (Å²) in [6.07, 6.45) is 0. The monoisotopic (exact) mass is 398 g/mol. The van der Waals surface area contributed by atoms with Gasteiger partial charge in [0.15, 0.2) is 0 Å². The average Bonchev–Trinajstić information content (AvgIpc) is 2.81. The summed E-state index contributed by atoms with van der Waals surface area (Å²) in [5.74, 6) is 1.27. The summed E-state index contributed by atoms with van der Waals surface area (Å²) in [6.45, 7) is 4.06. The van der Waals surface area contributed by atoms with Crippen molar-refractivity contribution in [2.75, 3.05) is 14.2 Å². The lowest BCUT2D eigenvalue weighted by molar-refractivity contribution is -0.132. The van der Waals surface area contributed by atoms with Crippen LogP contribution in [-0.4, -0.2) is 20.2 Å². The molecule has 0 spiro atoms. The van der Waals surface area contributed by atoms with E-state index in [1.807, 2.05) is 78.9 Å². The number of carbonyl (C=O) groups is 1. The van der Waals surface area contributed by atoms with Crippen molar-refractivity contribution in [1.82, 2.24) is 0 Å². The Morgan fingerprint density at radius 3 is 1.83 bits per heavy atom. The van der Waals surface area contributed by atoms with Crippen molar-refractivity contribution in [3.63, 3.8) is 0 Å². The van der Waals surface area contributed by atoms with Gasteiger partial charge in [0.2, 0.25) is 0 Å². The second-order valence-electron chi connectivity index (χ2n) is 6.96. The third-order valence-corrected chi connectivity index (χ3v) is 5.22. The smallest absolute Gasteiger partial charge is 0.339 e. The number of allylic oxidation sites excluding steroid dienone is 1. The molecule has 1 aliphatic rings. The third-order valence-electron chi connectivity index (χ3n) is 5.22. The van der Waals surface area contributed by atoms with Crippen molar-refractivity contribution in [3.8, 4) is 11.5 Å². The van der Waals surface area contributed by atoms with E-state index in [1.54, 1.807) is 14.2 Å². The minimum absolute atomic E-state index is 0.321. The van der Waals surface area contributed by atoms with Crippen LogP contribution in [-0.2, 0) is 9.53 Å². The number of hydrogen-bond acceptors (Lipinski definition) is 4. The molecule has 0 aromatic heterocycles. The molecular formula is C26H22O4. The topological polar surface area (TPSA) is 44.8 Å². The molecule has 1 aliphatic heterocycles. The molecule has 0 aliphatic carbocycles. The molecule has 0 bridgehead atoms. The van der Waals surface area contributed by atoms with E-state index >= 15 is 0 Å². The summed E-state index contributed by atoms with van der Waals surface area (Å²) in [4.78, 5) is 12.8. The molecule has 1 unspecified atom stereocenters. The molecule has 30 heavy (non-hydrogen) atoms. The van der Waals surface area contributed by atoms with E-state index in [-0.39, 0.29) is 5.92 Å². The lowest BCUT2D eigenvalue weighted by Crippen LogP contribution is -2.22. The fourth-order valence-corrected chi connectivity index (χ4v) is 3.67. The second-order valence-corrected chi connectivity index (χ2v) is 6.96. The van der Waals surface area contributed by atoms with Crippen LogP contribution < -0.4 is 9.47 Å². The van der Waals surface area contributed by atoms with Gasteiger partial charge in [-0.05, 0) is 47.5 Å². The normalized spacial score (nSPS) is 16.3. The molecule has 150 valence electrons. The van der Waals surface area contributed by atoms with Crippen molar-refractivity contribution in [1.29, 1.82) is 0 Å². The number of carbonyl (C=O) groups excluding carboxylic acids is 1. The first-order chi connectivity index (χ1) is 14.6. The Bertz CT molecular complexity index is 1090. The van der Waals surface area contributed by atoms with Gasteiger partial charge in [-0.1, -0.05) is 49.0 Å². The Morgan fingerprint density at radius 1 is 0.767 bits per heavy atom. The van der Waals surface area contributed by atoms with Gasteiger partial charge in [0.1, 0.15) is 17.3 Å². The number of methoxy groups -OCH3 is 2. The molecule has 0 N–H and O–H groups in total. The Kier molecular flexibility index (Phi) is 5.40. The maximum absolute atomic E-state index is 12.8. The molecule has 3 aromatic carbocycles. The number of cyclic esters (lactones) is 1. The maximum Gasteiger partial charge on any atom is 0.339 e. The Morgan fingerprint density at radius 2 is 1.30 bits per heavy atom. The highest BCUT2D eigenvalue weighted by Gasteiger charge is 2.35. The summed E-state index contributed by atoms with van der Waals surface area (Å²) < 4.78 is 16.4. The van der Waals surface area contributed by atoms with Gasteiger partial charge < -0.3 is 14.2 Å². The van der Waals surface area contributed by atoms with Gasteiger partial charge in [0.25, 0.3) is 0 Å². The summed E-state index contributed by atoms with van der Waals surface area (Å²) >= 11 is 0. The predicted molar refractivity (Wildman–Crippen MR) is 117 cm³/mol. The first kappa shape index (κ1) is 19.5. The van der Waals surface area contributed by atoms with Gasteiger partial charge in [0.05, 0.1) is 14.2 Å². The van der Waals surface area contributed by atoms with E-state index < -0.39 is 5.97 Å². The summed E-state index contributed by atoms with van der Waals surface area (Å²) in [5.41, 5.74) is 4.01. The molecule has 4 heteroatoms. The molecule has 0 amide bonds. The fourth-order valence-electron chi connectivity index (χ4n) is 3.67. The number of hydrogen-bond donors (Lipinski definition) is 0. The van der Waals surface area contributed by atoms with Gasteiger partial charge in [-0.3, -0.25) is 0 Å². The molecule has 0 fully saturated rings. The minimum Gasteiger partial charge on any atom is -0.497 e. The molecule has 1 atom stereocenters. The van der Waals surface area contributed by atoms with Crippen LogP contribution >= 0.6 is 0 Å². The van der Waals surface area contributed by atoms with E-state index in [9.17, 15) is 4.79 Å². The Labute approximate surface area is 176 Å². The number of benzene rings is 3. The van der Waals surface area contributed by atoms with Gasteiger partial charge >= 0.3 is 5.97 Å². The number of esters is 1. The molecule has 0 saturated carbocycles. The standard InChI is InChI=1S/C26H22O4/c1-17-23(18-7-5-4-6-8-18)24(19-9-13-21(28-2)14-10-19)25(30-26(17)27)20-11-15-22(29-3)16-12-20/h4-16,23H,1H2,2-3H3. The zero-order chi connectivity index (χ0) is 21.1. The SMILES string of the molecule is C=C1C(=O)OC(c2ccc(OC)cc2)=C(c2ccc(OC)cc2)C1c1ccccc1. The molecule has 3 aromatic rings. The van der Waals surface area contributed by atoms with Crippen molar-refractivity contribution in [2.24, 2.45) is 0 Å². The second kappa shape index (κ2) is 8.29. The average molecular weight is 398 g/mol. The van der Waals surface area contributed by atoms with Crippen LogP contribution in [0.15, 0.2) is 91.0 Å². The largest absolute Gasteiger partial charge is 0.497 e. The highest BCUT2D eigenvalue weighted by Crippen LogP contribution is 2.46. The summed E-state index contributed by atoms with van der Waals surface area (Å²) in [7, 11) is 3.25. The van der Waals surface area contributed by atoms with Crippen molar-refractivity contribution >= 4 is 17.3 Å². The highest BCUT2D eigenvalue weighted by molar-refractivity contribution is 6.07. The quantitative estimate of drug-likeness (QED) is 0.422. The molecule has 4 rings (SSSR count). The molecular weight excluding hydrogens is 376 g/mol. The van der Waals surface area contributed by atoms with Crippen LogP contribution in [0.4, 0.5) is 0 Å². The number of rotatable bonds is 5. The Hall–Kier alpha value is -3.79. The lowest BCUT2D eigenvalue weighted by Gasteiger charge is -2.30. The van der Waals surface area contributed by atoms with Crippen molar-refractivity contribution in [3.05, 3.63) is 108 Å². The van der Waals surface area contributed by atoms with Crippen molar-refractivity contribution < 1.29 is 19.0 Å². The van der Waals surface area contributed by atoms with Gasteiger partial charge in [-0.25, -0.2) is 4.79 Å². The van der Waals surface area contributed by atoms with Crippen LogP contribution in [0.3, 0.4) is 0 Å². The Balaban J connectivity index is 1.96. The van der Waals surface area contributed by atoms with Gasteiger partial charge in [0, 0.05) is 22.6 Å². The summed E-state index contributed by atoms with van der Waals surface area (Å²) in [6, 6.07) is 25.1.